The van der Waals surface area contributed by atoms with Crippen molar-refractivity contribution in [2.24, 2.45) is 0 Å². The van der Waals surface area contributed by atoms with E-state index in [-0.39, 0.29) is 0 Å². The van der Waals surface area contributed by atoms with Gasteiger partial charge in [0.05, 0.1) is 26.4 Å². The standard InChI is InChI=1S/C29H30N4O2/c1-4-34-25-15-11-23(12-16-25)32-19-27-21(3)30-28(22-9-7-6-8-10-22)31-29(27)33(20-32)24-13-17-26(18-14-24)35-5-2/h6-18H,4-5,19-20H2,1-3H3. The summed E-state index contributed by atoms with van der Waals surface area (Å²) >= 11 is 0. The van der Waals surface area contributed by atoms with Crippen LogP contribution in [0.3, 0.4) is 0 Å². The van der Waals surface area contributed by atoms with Crippen LogP contribution in [0.2, 0.25) is 0 Å². The van der Waals surface area contributed by atoms with Crippen LogP contribution in [0.25, 0.3) is 11.4 Å². The van der Waals surface area contributed by atoms with Gasteiger partial charge < -0.3 is 19.3 Å². The van der Waals surface area contributed by atoms with Crippen molar-refractivity contribution >= 4 is 17.2 Å². The zero-order valence-electron chi connectivity index (χ0n) is 20.4. The average Bonchev–Trinajstić information content (AvgIpc) is 2.90. The first-order valence-electron chi connectivity index (χ1n) is 12.1. The van der Waals surface area contributed by atoms with E-state index in [2.05, 4.69) is 53.1 Å². The third-order valence-corrected chi connectivity index (χ3v) is 6.11. The second kappa shape index (κ2) is 10.1. The molecule has 0 fully saturated rings. The molecule has 1 aromatic heterocycles. The van der Waals surface area contributed by atoms with E-state index < -0.39 is 0 Å². The number of nitrogens with zero attached hydrogens (tertiary/aromatic N) is 4. The third kappa shape index (κ3) is 4.78. The van der Waals surface area contributed by atoms with Gasteiger partial charge in [-0.2, -0.15) is 0 Å². The molecule has 0 saturated heterocycles. The number of aryl methyl sites for hydroxylation is 1. The van der Waals surface area contributed by atoms with Crippen molar-refractivity contribution in [2.45, 2.75) is 27.3 Å². The van der Waals surface area contributed by atoms with E-state index in [1.54, 1.807) is 0 Å². The highest BCUT2D eigenvalue weighted by Crippen LogP contribution is 2.37. The van der Waals surface area contributed by atoms with Crippen molar-refractivity contribution in [1.82, 2.24) is 9.97 Å². The van der Waals surface area contributed by atoms with Crippen LogP contribution in [0.15, 0.2) is 78.9 Å². The quantitative estimate of drug-likeness (QED) is 0.316. The smallest absolute Gasteiger partial charge is 0.161 e. The molecule has 178 valence electrons. The highest BCUT2D eigenvalue weighted by Gasteiger charge is 2.28. The summed E-state index contributed by atoms with van der Waals surface area (Å²) in [6.45, 7) is 8.76. The van der Waals surface area contributed by atoms with E-state index in [1.165, 1.54) is 0 Å². The van der Waals surface area contributed by atoms with E-state index in [0.29, 0.717) is 19.9 Å². The number of benzene rings is 3. The Labute approximate surface area is 206 Å². The van der Waals surface area contributed by atoms with Crippen LogP contribution >= 0.6 is 0 Å². The summed E-state index contributed by atoms with van der Waals surface area (Å²) in [5.41, 5.74) is 5.31. The molecule has 35 heavy (non-hydrogen) atoms. The number of hydrogen-bond donors (Lipinski definition) is 0. The molecular formula is C29H30N4O2. The molecule has 5 rings (SSSR count). The maximum atomic E-state index is 5.67. The van der Waals surface area contributed by atoms with Crippen molar-refractivity contribution < 1.29 is 9.47 Å². The second-order valence-electron chi connectivity index (χ2n) is 8.42. The summed E-state index contributed by atoms with van der Waals surface area (Å²) < 4.78 is 11.3. The van der Waals surface area contributed by atoms with Crippen LogP contribution in [0.4, 0.5) is 17.2 Å². The van der Waals surface area contributed by atoms with Gasteiger partial charge in [-0.15, -0.1) is 0 Å². The molecule has 0 spiro atoms. The van der Waals surface area contributed by atoms with Gasteiger partial charge in [0.15, 0.2) is 5.82 Å². The first kappa shape index (κ1) is 22.7. The Morgan fingerprint density at radius 1 is 0.743 bits per heavy atom. The number of hydrogen-bond acceptors (Lipinski definition) is 6. The first-order chi connectivity index (χ1) is 17.2. The molecule has 6 nitrogen and oxygen atoms in total. The molecule has 0 atom stereocenters. The summed E-state index contributed by atoms with van der Waals surface area (Å²) in [5, 5.41) is 0. The van der Waals surface area contributed by atoms with Crippen LogP contribution in [-0.4, -0.2) is 29.9 Å². The van der Waals surface area contributed by atoms with Crippen LogP contribution in [0.1, 0.15) is 25.1 Å². The van der Waals surface area contributed by atoms with Crippen molar-refractivity contribution in [2.75, 3.05) is 29.7 Å². The molecule has 4 aromatic rings. The molecule has 1 aliphatic heterocycles. The van der Waals surface area contributed by atoms with Crippen molar-refractivity contribution in [3.8, 4) is 22.9 Å². The topological polar surface area (TPSA) is 50.7 Å². The normalized spacial score (nSPS) is 12.9. The maximum Gasteiger partial charge on any atom is 0.161 e. The molecule has 0 N–H and O–H groups in total. The molecule has 6 heteroatoms. The molecule has 0 saturated carbocycles. The minimum Gasteiger partial charge on any atom is -0.494 e. The number of ether oxygens (including phenoxy) is 2. The zero-order valence-corrected chi connectivity index (χ0v) is 20.4. The number of aromatic nitrogens is 2. The van der Waals surface area contributed by atoms with Gasteiger partial charge in [-0.3, -0.25) is 0 Å². The Bertz CT molecular complexity index is 1270. The lowest BCUT2D eigenvalue weighted by atomic mass is 10.1. The van der Waals surface area contributed by atoms with Crippen LogP contribution < -0.4 is 19.3 Å². The largest absolute Gasteiger partial charge is 0.494 e. The maximum absolute atomic E-state index is 5.67. The molecule has 0 radical (unpaired) electrons. The second-order valence-corrected chi connectivity index (χ2v) is 8.42. The van der Waals surface area contributed by atoms with Gasteiger partial charge >= 0.3 is 0 Å². The summed E-state index contributed by atoms with van der Waals surface area (Å²) in [5.74, 6) is 3.43. The highest BCUT2D eigenvalue weighted by molar-refractivity contribution is 5.71. The van der Waals surface area contributed by atoms with Gasteiger partial charge in [-0.1, -0.05) is 30.3 Å². The summed E-state index contributed by atoms with van der Waals surface area (Å²) in [7, 11) is 0. The van der Waals surface area contributed by atoms with Gasteiger partial charge in [0.25, 0.3) is 0 Å². The lowest BCUT2D eigenvalue weighted by Gasteiger charge is -2.39. The van der Waals surface area contributed by atoms with E-state index in [1.807, 2.05) is 56.3 Å². The van der Waals surface area contributed by atoms with Crippen molar-refractivity contribution in [3.63, 3.8) is 0 Å². The monoisotopic (exact) mass is 466 g/mol. The van der Waals surface area contributed by atoms with Crippen LogP contribution in [0.5, 0.6) is 11.5 Å². The van der Waals surface area contributed by atoms with Crippen molar-refractivity contribution in [3.05, 3.63) is 90.1 Å². The molecular weight excluding hydrogens is 436 g/mol. The van der Waals surface area contributed by atoms with Gasteiger partial charge in [0.2, 0.25) is 0 Å². The predicted molar refractivity (Wildman–Crippen MR) is 141 cm³/mol. The summed E-state index contributed by atoms with van der Waals surface area (Å²) in [6.07, 6.45) is 0. The van der Waals surface area contributed by atoms with E-state index in [0.717, 1.165) is 57.9 Å². The lowest BCUT2D eigenvalue weighted by Crippen LogP contribution is -2.41. The van der Waals surface area contributed by atoms with Gasteiger partial charge in [0.1, 0.15) is 17.3 Å². The fourth-order valence-electron chi connectivity index (χ4n) is 4.37. The van der Waals surface area contributed by atoms with Gasteiger partial charge in [0, 0.05) is 28.2 Å². The molecule has 0 unspecified atom stereocenters. The van der Waals surface area contributed by atoms with Crippen LogP contribution in [-0.2, 0) is 6.54 Å². The van der Waals surface area contributed by atoms with E-state index in [9.17, 15) is 0 Å². The Hall–Kier alpha value is -4.06. The number of anilines is 3. The SMILES string of the molecule is CCOc1ccc(N2Cc3c(C)nc(-c4ccccc4)nc3N(c3ccc(OCC)cc3)C2)cc1. The van der Waals surface area contributed by atoms with Crippen LogP contribution in [0, 0.1) is 6.92 Å². The Morgan fingerprint density at radius 2 is 1.34 bits per heavy atom. The van der Waals surface area contributed by atoms with E-state index in [4.69, 9.17) is 19.4 Å². The molecule has 3 aromatic carbocycles. The zero-order chi connectivity index (χ0) is 24.2. The fourth-order valence-corrected chi connectivity index (χ4v) is 4.37. The predicted octanol–water partition coefficient (Wildman–Crippen LogP) is 6.37. The molecule has 0 amide bonds. The van der Waals surface area contributed by atoms with Crippen molar-refractivity contribution in [1.29, 1.82) is 0 Å². The number of rotatable bonds is 7. The summed E-state index contributed by atoms with van der Waals surface area (Å²) in [4.78, 5) is 14.5. The molecule has 2 heterocycles. The number of fused-ring (bicyclic) bond motifs is 1. The first-order valence-corrected chi connectivity index (χ1v) is 12.1. The third-order valence-electron chi connectivity index (χ3n) is 6.11. The molecule has 0 aliphatic carbocycles. The minimum atomic E-state index is 0.643. The molecule has 0 bridgehead atoms. The lowest BCUT2D eigenvalue weighted by molar-refractivity contribution is 0.340. The Morgan fingerprint density at radius 3 is 1.94 bits per heavy atom. The van der Waals surface area contributed by atoms with Gasteiger partial charge in [-0.05, 0) is 69.3 Å². The van der Waals surface area contributed by atoms with E-state index >= 15 is 0 Å². The van der Waals surface area contributed by atoms with Gasteiger partial charge in [-0.25, -0.2) is 9.97 Å². The molecule has 1 aliphatic rings. The summed E-state index contributed by atoms with van der Waals surface area (Å²) in [6, 6.07) is 26.6. The average molecular weight is 467 g/mol. The fraction of sp³-hybridized carbons (Fsp3) is 0.241. The Balaban J connectivity index is 1.57. The highest BCUT2D eigenvalue weighted by atomic mass is 16.5. The Kier molecular flexibility index (Phi) is 6.53. The minimum absolute atomic E-state index is 0.643.